The van der Waals surface area contributed by atoms with Crippen LogP contribution >= 0.6 is 11.3 Å². The van der Waals surface area contributed by atoms with Crippen LogP contribution in [0.1, 0.15) is 87.5 Å². The number of amides is 1. The highest BCUT2D eigenvalue weighted by molar-refractivity contribution is 7.18. The minimum atomic E-state index is -1.24. The number of aryl methyl sites for hydroxylation is 1. The molecule has 5 rings (SSSR count). The number of nitrogens with zero attached hydrogens (tertiary/aromatic N) is 7. The number of anilines is 1. The summed E-state index contributed by atoms with van der Waals surface area (Å²) in [5.41, 5.74) is 4.03. The number of nitrogens with one attached hydrogen (secondary N) is 1. The number of carbonyl (C=O) groups excluding carboxylic acids is 3. The van der Waals surface area contributed by atoms with Gasteiger partial charge in [-0.05, 0) is 93.3 Å². The van der Waals surface area contributed by atoms with Crippen molar-refractivity contribution in [3.05, 3.63) is 6.20 Å². The van der Waals surface area contributed by atoms with Crippen LogP contribution in [0.15, 0.2) is 6.20 Å². The number of hydrogen-bond donors (Lipinski definition) is 3. The van der Waals surface area contributed by atoms with Crippen molar-refractivity contribution in [2.75, 3.05) is 40.0 Å². The fourth-order valence-electron chi connectivity index (χ4n) is 9.06. The van der Waals surface area contributed by atoms with Crippen molar-refractivity contribution < 1.29 is 43.2 Å². The molecule has 3 unspecified atom stereocenters. The Balaban J connectivity index is 1.38. The minimum Gasteiger partial charge on any atom is -0.458 e. The number of aliphatic hydroxyl groups is 1. The number of aliphatic hydroxyl groups excluding tert-OH is 1. The average molecular weight is 836 g/mol. The van der Waals surface area contributed by atoms with Crippen LogP contribution in [-0.4, -0.2) is 152 Å². The van der Waals surface area contributed by atoms with Gasteiger partial charge in [0.15, 0.2) is 22.7 Å². The van der Waals surface area contributed by atoms with Crippen LogP contribution in [0, 0.1) is 17.8 Å². The van der Waals surface area contributed by atoms with E-state index >= 15 is 0 Å². The standard InChI is InChI=1S/C39H65N9O9S/c1-12-28-39(8)31(48(37(52)57-39)16-14-13-15-47-20-26(42-45-47)33-43-44-36(40)58-33)25(6)41-19-21(2)18-38(7,53-11)32(23(4)29(49)24(5)34(51)55-28)56-35-30(50)27(46(9)10)17-22(3)54-35/h20-25,27-28,30-32,35,41,50H,12-19H2,1-11H3,(H2,40,44)/t21-,22?,23+,24-,25-,27?,28-,30?,31-,32-,35+,38-,39-/m1/s1. The molecule has 4 N–H and O–H groups in total. The average Bonchev–Trinajstić information content (AvgIpc) is 3.90. The Hall–Kier alpha value is -3.33. The Morgan fingerprint density at radius 1 is 1.09 bits per heavy atom. The summed E-state index contributed by atoms with van der Waals surface area (Å²) in [5.74, 6) is -3.19. The van der Waals surface area contributed by atoms with E-state index in [-0.39, 0.29) is 24.1 Å². The summed E-state index contributed by atoms with van der Waals surface area (Å²) in [6, 6.07) is -1.06. The lowest BCUT2D eigenvalue weighted by molar-refractivity contribution is -0.295. The topological polar surface area (TPSA) is 219 Å². The van der Waals surface area contributed by atoms with Crippen LogP contribution in [0.4, 0.5) is 9.93 Å². The Morgan fingerprint density at radius 2 is 1.79 bits per heavy atom. The van der Waals surface area contributed by atoms with Crippen LogP contribution in [0.2, 0.25) is 0 Å². The summed E-state index contributed by atoms with van der Waals surface area (Å²) in [5, 5.41) is 32.3. The molecule has 326 valence electrons. The van der Waals surface area contributed by atoms with Gasteiger partial charge in [0.2, 0.25) is 5.13 Å². The molecule has 3 aliphatic heterocycles. The fraction of sp³-hybridized carbons (Fsp3) is 0.821. The first-order chi connectivity index (χ1) is 27.3. The van der Waals surface area contributed by atoms with Crippen molar-refractivity contribution >= 4 is 34.3 Å². The first-order valence-corrected chi connectivity index (χ1v) is 21.3. The molecule has 1 amide bonds. The molecule has 2 aromatic rings. The maximum Gasteiger partial charge on any atom is 0.410 e. The fourth-order valence-corrected chi connectivity index (χ4v) is 9.62. The minimum absolute atomic E-state index is 0.0178. The lowest BCUT2D eigenvalue weighted by atomic mass is 9.78. The van der Waals surface area contributed by atoms with E-state index in [1.807, 2.05) is 53.6 Å². The number of esters is 1. The molecule has 13 atom stereocenters. The van der Waals surface area contributed by atoms with Gasteiger partial charge in [-0.1, -0.05) is 37.3 Å². The quantitative estimate of drug-likeness (QED) is 0.168. The van der Waals surface area contributed by atoms with Gasteiger partial charge in [0, 0.05) is 38.2 Å². The number of Topliss-reactive ketones (excluding diaryl/α,β-unsaturated/α-hetero) is 1. The molecule has 18 nitrogen and oxygen atoms in total. The SMILES string of the molecule is CC[C@H]1OC(=O)[C@H](C)C(=O)[C@H](C)[C@@H](O[C@@H]2OC(C)CC(N(C)C)C2O)[C@](C)(OC)C[C@@H](C)CN[C@H](C)[C@H]2N(CCCCn3cc(-c4nnc(N)s4)nn3)C(=O)O[C@]12C. The number of carbonyl (C=O) groups is 3. The van der Waals surface area contributed by atoms with Crippen molar-refractivity contribution in [2.24, 2.45) is 17.8 Å². The third-order valence-electron chi connectivity index (χ3n) is 12.3. The highest BCUT2D eigenvalue weighted by atomic mass is 32.1. The van der Waals surface area contributed by atoms with E-state index in [0.29, 0.717) is 67.6 Å². The van der Waals surface area contributed by atoms with Crippen LogP contribution in [0.25, 0.3) is 10.7 Å². The van der Waals surface area contributed by atoms with Crippen LogP contribution in [0.3, 0.4) is 0 Å². The lowest BCUT2D eigenvalue weighted by Crippen LogP contribution is -2.61. The smallest absolute Gasteiger partial charge is 0.410 e. The van der Waals surface area contributed by atoms with E-state index in [0.717, 1.165) is 0 Å². The number of nitrogens with two attached hydrogens (primary N) is 1. The summed E-state index contributed by atoms with van der Waals surface area (Å²) in [6.07, 6.45) is 0.00990. The Morgan fingerprint density at radius 3 is 2.43 bits per heavy atom. The number of nitrogen functional groups attached to an aromatic ring is 1. The number of methoxy groups -OCH3 is 1. The summed E-state index contributed by atoms with van der Waals surface area (Å²) in [7, 11) is 5.38. The number of ether oxygens (including phenoxy) is 5. The molecule has 58 heavy (non-hydrogen) atoms. The highest BCUT2D eigenvalue weighted by Gasteiger charge is 2.58. The van der Waals surface area contributed by atoms with Crippen molar-refractivity contribution in [3.63, 3.8) is 0 Å². The lowest BCUT2D eigenvalue weighted by Gasteiger charge is -2.46. The second-order valence-electron chi connectivity index (χ2n) is 17.1. The van der Waals surface area contributed by atoms with E-state index in [2.05, 4.69) is 32.7 Å². The predicted octanol–water partition coefficient (Wildman–Crippen LogP) is 3.14. The van der Waals surface area contributed by atoms with Crippen molar-refractivity contribution in [2.45, 2.75) is 154 Å². The van der Waals surface area contributed by atoms with Crippen molar-refractivity contribution in [3.8, 4) is 10.7 Å². The number of cyclic esters (lactones) is 1. The number of unbranched alkanes of at least 4 members (excludes halogenated alkanes) is 1. The van der Waals surface area contributed by atoms with E-state index in [4.69, 9.17) is 29.4 Å². The number of ketones is 1. The molecule has 3 fully saturated rings. The summed E-state index contributed by atoms with van der Waals surface area (Å²) >= 11 is 1.23. The first-order valence-electron chi connectivity index (χ1n) is 20.5. The highest BCUT2D eigenvalue weighted by Crippen LogP contribution is 2.40. The van der Waals surface area contributed by atoms with Crippen LogP contribution < -0.4 is 11.1 Å². The zero-order valence-electron chi connectivity index (χ0n) is 35.9. The van der Waals surface area contributed by atoms with Gasteiger partial charge in [0.05, 0.1) is 30.0 Å². The molecular formula is C39H65N9O9S. The summed E-state index contributed by atoms with van der Waals surface area (Å²) in [6.45, 7) is 16.3. The van der Waals surface area contributed by atoms with Gasteiger partial charge in [-0.2, -0.15) is 0 Å². The van der Waals surface area contributed by atoms with Gasteiger partial charge in [0.25, 0.3) is 0 Å². The molecule has 0 spiro atoms. The van der Waals surface area contributed by atoms with Gasteiger partial charge in [-0.25, -0.2) is 4.79 Å². The normalized spacial score (nSPS) is 36.9. The van der Waals surface area contributed by atoms with E-state index in [1.54, 1.807) is 29.8 Å². The predicted molar refractivity (Wildman–Crippen MR) is 215 cm³/mol. The Kier molecular flexibility index (Phi) is 14.9. The van der Waals surface area contributed by atoms with Crippen molar-refractivity contribution in [1.82, 2.24) is 40.3 Å². The molecule has 0 aromatic carbocycles. The maximum absolute atomic E-state index is 14.4. The van der Waals surface area contributed by atoms with Gasteiger partial charge in [0.1, 0.15) is 23.8 Å². The van der Waals surface area contributed by atoms with E-state index in [9.17, 15) is 19.5 Å². The summed E-state index contributed by atoms with van der Waals surface area (Å²) < 4.78 is 33.2. The monoisotopic (exact) mass is 835 g/mol. The number of aromatic nitrogens is 5. The number of hydrogen-bond acceptors (Lipinski definition) is 17. The van der Waals surface area contributed by atoms with Gasteiger partial charge in [-0.3, -0.25) is 19.2 Å². The molecule has 0 radical (unpaired) electrons. The third-order valence-corrected chi connectivity index (χ3v) is 13.1. The number of rotatable bonds is 11. The second-order valence-corrected chi connectivity index (χ2v) is 18.1. The van der Waals surface area contributed by atoms with Gasteiger partial charge < -0.3 is 44.7 Å². The molecule has 2 aromatic heterocycles. The Bertz CT molecular complexity index is 1710. The van der Waals surface area contributed by atoms with Gasteiger partial charge in [-0.15, -0.1) is 15.3 Å². The third kappa shape index (κ3) is 9.82. The maximum atomic E-state index is 14.4. The first kappa shape index (κ1) is 45.7. The molecular weight excluding hydrogens is 771 g/mol. The molecule has 0 aliphatic carbocycles. The molecule has 19 heteroatoms. The molecule has 3 saturated heterocycles. The second kappa shape index (κ2) is 18.9. The van der Waals surface area contributed by atoms with Crippen molar-refractivity contribution in [1.29, 1.82) is 0 Å². The summed E-state index contributed by atoms with van der Waals surface area (Å²) in [4.78, 5) is 45.8. The van der Waals surface area contributed by atoms with Crippen LogP contribution in [-0.2, 0) is 39.8 Å². The zero-order valence-corrected chi connectivity index (χ0v) is 36.7. The molecule has 5 heterocycles. The molecule has 3 aliphatic rings. The van der Waals surface area contributed by atoms with Gasteiger partial charge >= 0.3 is 12.1 Å². The largest absolute Gasteiger partial charge is 0.458 e. The molecule has 0 saturated carbocycles. The van der Waals surface area contributed by atoms with E-state index < -0.39 is 71.5 Å². The number of likely N-dealkylation sites (N-methyl/N-ethyl adjacent to an activating group) is 1. The van der Waals surface area contributed by atoms with E-state index in [1.165, 1.54) is 18.3 Å². The zero-order chi connectivity index (χ0) is 42.7. The Labute approximate surface area is 345 Å². The number of fused-ring (bicyclic) bond motifs is 1. The van der Waals surface area contributed by atoms with Crippen LogP contribution in [0.5, 0.6) is 0 Å². The molecule has 0 bridgehead atoms.